The normalized spacial score (nSPS) is 17.1. The van der Waals surface area contributed by atoms with Crippen LogP contribution in [0.3, 0.4) is 0 Å². The highest BCUT2D eigenvalue weighted by Gasteiger charge is 2.32. The van der Waals surface area contributed by atoms with Gasteiger partial charge in [0, 0.05) is 31.1 Å². The summed E-state index contributed by atoms with van der Waals surface area (Å²) in [4.78, 5) is 23.7. The number of phenolic OH excluding ortho intramolecular Hbond substituents is 1. The largest absolute Gasteiger partial charge is 0.508 e. The van der Waals surface area contributed by atoms with Crippen LogP contribution in [0.2, 0.25) is 0 Å². The van der Waals surface area contributed by atoms with Crippen LogP contribution in [-0.4, -0.2) is 64.6 Å². The lowest BCUT2D eigenvalue weighted by Crippen LogP contribution is -2.42. The van der Waals surface area contributed by atoms with Crippen molar-refractivity contribution in [1.29, 1.82) is 5.26 Å². The zero-order valence-electron chi connectivity index (χ0n) is 23.2. The van der Waals surface area contributed by atoms with Gasteiger partial charge in [-0.25, -0.2) is 4.98 Å². The van der Waals surface area contributed by atoms with Crippen molar-refractivity contribution in [1.82, 2.24) is 14.8 Å². The van der Waals surface area contributed by atoms with E-state index in [-0.39, 0.29) is 17.7 Å². The Morgan fingerprint density at radius 2 is 1.78 bits per heavy atom. The lowest BCUT2D eigenvalue weighted by molar-refractivity contribution is 0.0710. The second kappa shape index (κ2) is 12.0. The van der Waals surface area contributed by atoms with Gasteiger partial charge < -0.3 is 20.2 Å². The lowest BCUT2D eigenvalue weighted by atomic mass is 9.99. The third kappa shape index (κ3) is 6.03. The molecule has 6 rings (SSSR count). The van der Waals surface area contributed by atoms with Gasteiger partial charge in [-0.2, -0.15) is 5.26 Å². The lowest BCUT2D eigenvalue weighted by Gasteiger charge is -2.29. The number of aromatic nitrogens is 1. The van der Waals surface area contributed by atoms with E-state index in [4.69, 9.17) is 4.98 Å². The molecule has 0 saturated carbocycles. The molecule has 2 saturated heterocycles. The number of pyridine rings is 1. The van der Waals surface area contributed by atoms with Gasteiger partial charge in [-0.15, -0.1) is 0 Å². The number of likely N-dealkylation sites (tertiary alicyclic amines) is 2. The SMILES string of the molecule is N#Cc1ccc(-c2ccc3nc(NCCc4cccc(O)c4)cc(C(=O)N4CCC[C@H]4CN4CCCC4)c3c2)cc1. The molecule has 1 atom stereocenters. The molecule has 0 aliphatic carbocycles. The van der Waals surface area contributed by atoms with Gasteiger partial charge in [0.2, 0.25) is 0 Å². The molecular weight excluding hydrogens is 510 g/mol. The van der Waals surface area contributed by atoms with Crippen molar-refractivity contribution in [2.75, 3.05) is 38.0 Å². The van der Waals surface area contributed by atoms with E-state index in [2.05, 4.69) is 27.3 Å². The van der Waals surface area contributed by atoms with Gasteiger partial charge in [0.25, 0.3) is 5.91 Å². The number of hydrogen-bond donors (Lipinski definition) is 2. The third-order valence-corrected chi connectivity index (χ3v) is 8.32. The number of amides is 1. The number of nitrogens with zero attached hydrogens (tertiary/aromatic N) is 4. The zero-order valence-corrected chi connectivity index (χ0v) is 23.2. The summed E-state index contributed by atoms with van der Waals surface area (Å²) in [5, 5.41) is 23.2. The molecule has 3 aromatic carbocycles. The van der Waals surface area contributed by atoms with Crippen molar-refractivity contribution in [3.05, 3.63) is 89.5 Å². The molecule has 41 heavy (non-hydrogen) atoms. The molecule has 3 heterocycles. The average Bonchev–Trinajstić information content (AvgIpc) is 3.69. The number of hydrogen-bond acceptors (Lipinski definition) is 6. The van der Waals surface area contributed by atoms with Gasteiger partial charge in [-0.1, -0.05) is 30.3 Å². The molecule has 2 aliphatic rings. The van der Waals surface area contributed by atoms with Gasteiger partial charge in [-0.3, -0.25) is 4.79 Å². The fourth-order valence-electron chi connectivity index (χ4n) is 6.17. The number of carbonyl (C=O) groups excluding carboxylic acids is 1. The predicted octanol–water partition coefficient (Wildman–Crippen LogP) is 5.83. The van der Waals surface area contributed by atoms with E-state index in [1.807, 2.05) is 54.6 Å². The fourth-order valence-corrected chi connectivity index (χ4v) is 6.17. The van der Waals surface area contributed by atoms with Gasteiger partial charge in [0.05, 0.1) is 22.7 Å². The summed E-state index contributed by atoms with van der Waals surface area (Å²) in [5.41, 5.74) is 5.06. The van der Waals surface area contributed by atoms with Crippen LogP contribution in [0.4, 0.5) is 5.82 Å². The molecule has 0 unspecified atom stereocenters. The summed E-state index contributed by atoms with van der Waals surface area (Å²) in [6.45, 7) is 4.59. The highest BCUT2D eigenvalue weighted by Crippen LogP contribution is 2.31. The molecule has 7 heteroatoms. The van der Waals surface area contributed by atoms with Gasteiger partial charge >= 0.3 is 0 Å². The molecule has 4 aromatic rings. The highest BCUT2D eigenvalue weighted by atomic mass is 16.3. The molecule has 1 aromatic heterocycles. The number of nitriles is 1. The summed E-state index contributed by atoms with van der Waals surface area (Å²) in [5.74, 6) is 0.987. The summed E-state index contributed by atoms with van der Waals surface area (Å²) in [6.07, 6.45) is 5.27. The number of fused-ring (bicyclic) bond motifs is 1. The van der Waals surface area contributed by atoms with Gasteiger partial charge in [0.1, 0.15) is 11.6 Å². The molecule has 208 valence electrons. The fraction of sp³-hybridized carbons (Fsp3) is 0.324. The van der Waals surface area contributed by atoms with Crippen LogP contribution < -0.4 is 5.32 Å². The maximum absolute atomic E-state index is 14.2. The Kier molecular flexibility index (Phi) is 7.84. The number of phenols is 1. The molecular formula is C34H35N5O2. The second-order valence-electron chi connectivity index (χ2n) is 11.1. The van der Waals surface area contributed by atoms with Crippen molar-refractivity contribution >= 4 is 22.6 Å². The van der Waals surface area contributed by atoms with Crippen molar-refractivity contribution in [3.63, 3.8) is 0 Å². The Bertz CT molecular complexity index is 1590. The topological polar surface area (TPSA) is 92.5 Å². The molecule has 0 spiro atoms. The molecule has 7 nitrogen and oxygen atoms in total. The molecule has 2 N–H and O–H groups in total. The van der Waals surface area contributed by atoms with Crippen molar-refractivity contribution < 1.29 is 9.90 Å². The van der Waals surface area contributed by atoms with E-state index in [0.29, 0.717) is 23.5 Å². The second-order valence-corrected chi connectivity index (χ2v) is 11.1. The summed E-state index contributed by atoms with van der Waals surface area (Å²) in [7, 11) is 0. The summed E-state index contributed by atoms with van der Waals surface area (Å²) >= 11 is 0. The third-order valence-electron chi connectivity index (χ3n) is 8.32. The summed E-state index contributed by atoms with van der Waals surface area (Å²) in [6, 6.07) is 25.1. The van der Waals surface area contributed by atoms with Crippen LogP contribution in [-0.2, 0) is 6.42 Å². The van der Waals surface area contributed by atoms with Crippen LogP contribution in [0, 0.1) is 11.3 Å². The maximum Gasteiger partial charge on any atom is 0.254 e. The van der Waals surface area contributed by atoms with Crippen molar-refractivity contribution in [2.45, 2.75) is 38.1 Å². The van der Waals surface area contributed by atoms with Crippen LogP contribution in [0.5, 0.6) is 5.75 Å². The zero-order chi connectivity index (χ0) is 28.2. The molecule has 1 amide bonds. The maximum atomic E-state index is 14.2. The smallest absolute Gasteiger partial charge is 0.254 e. The van der Waals surface area contributed by atoms with Gasteiger partial charge in [0.15, 0.2) is 0 Å². The average molecular weight is 546 g/mol. The molecule has 2 fully saturated rings. The van der Waals surface area contributed by atoms with E-state index in [0.717, 1.165) is 73.0 Å². The van der Waals surface area contributed by atoms with Crippen LogP contribution >= 0.6 is 0 Å². The number of anilines is 1. The Labute approximate surface area is 241 Å². The number of rotatable bonds is 8. The van der Waals surface area contributed by atoms with Crippen LogP contribution in [0.25, 0.3) is 22.0 Å². The molecule has 0 bridgehead atoms. The van der Waals surface area contributed by atoms with Crippen LogP contribution in [0.15, 0.2) is 72.8 Å². The Balaban J connectivity index is 1.32. The van der Waals surface area contributed by atoms with E-state index in [1.54, 1.807) is 12.1 Å². The first-order valence-electron chi connectivity index (χ1n) is 14.6. The quantitative estimate of drug-likeness (QED) is 0.289. The first kappa shape index (κ1) is 26.8. The molecule has 2 aliphatic heterocycles. The van der Waals surface area contributed by atoms with E-state index < -0.39 is 0 Å². The first-order chi connectivity index (χ1) is 20.1. The minimum absolute atomic E-state index is 0.0621. The Hall–Kier alpha value is -4.41. The van der Waals surface area contributed by atoms with E-state index in [1.165, 1.54) is 12.8 Å². The highest BCUT2D eigenvalue weighted by molar-refractivity contribution is 6.08. The van der Waals surface area contributed by atoms with Gasteiger partial charge in [-0.05, 0) is 104 Å². The monoisotopic (exact) mass is 545 g/mol. The Morgan fingerprint density at radius 1 is 0.976 bits per heavy atom. The van der Waals surface area contributed by atoms with Crippen LogP contribution in [0.1, 0.15) is 47.2 Å². The van der Waals surface area contributed by atoms with Crippen molar-refractivity contribution in [2.24, 2.45) is 0 Å². The van der Waals surface area contributed by atoms with E-state index >= 15 is 0 Å². The minimum atomic E-state index is 0.0621. The number of nitrogens with one attached hydrogen (secondary N) is 1. The minimum Gasteiger partial charge on any atom is -0.508 e. The first-order valence-corrected chi connectivity index (χ1v) is 14.6. The molecule has 0 radical (unpaired) electrons. The number of aromatic hydroxyl groups is 1. The van der Waals surface area contributed by atoms with Crippen molar-refractivity contribution in [3.8, 4) is 22.9 Å². The number of carbonyl (C=O) groups is 1. The predicted molar refractivity (Wildman–Crippen MR) is 162 cm³/mol. The summed E-state index contributed by atoms with van der Waals surface area (Å²) < 4.78 is 0. The standard InChI is InChI=1S/C34H35N5O2/c35-22-25-8-10-26(11-9-25)27-12-13-32-30(20-27)31(21-33(37-32)36-15-14-24-5-3-7-29(40)19-24)34(41)39-18-4-6-28(39)23-38-16-1-2-17-38/h3,5,7-13,19-21,28,40H,1-2,4,6,14-18,23H2,(H,36,37)/t28-/m0/s1. The number of benzene rings is 3. The Morgan fingerprint density at radius 3 is 2.56 bits per heavy atom. The van der Waals surface area contributed by atoms with E-state index in [9.17, 15) is 15.2 Å².